The summed E-state index contributed by atoms with van der Waals surface area (Å²) in [4.78, 5) is 12.2. The maximum atomic E-state index is 12.2. The Kier molecular flexibility index (Phi) is 3.37. The zero-order valence-electron chi connectivity index (χ0n) is 12.6. The van der Waals surface area contributed by atoms with Crippen molar-refractivity contribution in [1.82, 2.24) is 0 Å². The molecule has 2 saturated carbocycles. The Morgan fingerprint density at radius 2 is 1.86 bits per heavy atom. The summed E-state index contributed by atoms with van der Waals surface area (Å²) >= 11 is 0. The Balaban J connectivity index is 1.53. The van der Waals surface area contributed by atoms with Crippen LogP contribution in [0.25, 0.3) is 0 Å². The van der Waals surface area contributed by atoms with Crippen LogP contribution in [-0.4, -0.2) is 11.9 Å². The van der Waals surface area contributed by atoms with E-state index in [1.165, 1.54) is 43.2 Å². The number of carbonyl (C=O) groups is 1. The Bertz CT molecular complexity index is 542. The van der Waals surface area contributed by atoms with Crippen LogP contribution >= 0.6 is 0 Å². The number of fused-ring (bicyclic) bond motifs is 1. The summed E-state index contributed by atoms with van der Waals surface area (Å²) in [7, 11) is 0. The highest BCUT2D eigenvalue weighted by atomic mass is 16.5. The van der Waals surface area contributed by atoms with E-state index in [-0.39, 0.29) is 17.6 Å². The number of ketones is 1. The van der Waals surface area contributed by atoms with E-state index in [2.05, 4.69) is 24.3 Å². The van der Waals surface area contributed by atoms with Crippen LogP contribution in [0.3, 0.4) is 0 Å². The third kappa shape index (κ3) is 2.15. The Labute approximate surface area is 126 Å². The highest BCUT2D eigenvalue weighted by molar-refractivity contribution is 5.92. The van der Waals surface area contributed by atoms with Gasteiger partial charge in [0.25, 0.3) is 0 Å². The lowest BCUT2D eigenvalue weighted by molar-refractivity contribution is -0.179. The smallest absolute Gasteiger partial charge is 0.144 e. The quantitative estimate of drug-likeness (QED) is 0.806. The second kappa shape index (κ2) is 5.24. The maximum Gasteiger partial charge on any atom is 0.144 e. The van der Waals surface area contributed by atoms with Crippen molar-refractivity contribution < 1.29 is 9.53 Å². The van der Waals surface area contributed by atoms with Crippen molar-refractivity contribution in [3.05, 3.63) is 35.4 Å². The lowest BCUT2D eigenvalue weighted by Gasteiger charge is -2.51. The molecule has 1 aromatic carbocycles. The highest BCUT2D eigenvalue weighted by Gasteiger charge is 2.56. The lowest BCUT2D eigenvalue weighted by Crippen LogP contribution is -2.56. The molecule has 1 aromatic rings. The van der Waals surface area contributed by atoms with Crippen LogP contribution < -0.4 is 0 Å². The molecular weight excluding hydrogens is 260 g/mol. The average molecular weight is 284 g/mol. The Morgan fingerprint density at radius 3 is 2.67 bits per heavy atom. The van der Waals surface area contributed by atoms with Crippen LogP contribution in [0.4, 0.5) is 0 Å². The van der Waals surface area contributed by atoms with Crippen molar-refractivity contribution >= 4 is 5.78 Å². The monoisotopic (exact) mass is 284 g/mol. The topological polar surface area (TPSA) is 26.3 Å². The number of benzene rings is 1. The van der Waals surface area contributed by atoms with Gasteiger partial charge >= 0.3 is 0 Å². The molecule has 0 saturated heterocycles. The average Bonchev–Trinajstić information content (AvgIpc) is 2.55. The van der Waals surface area contributed by atoms with E-state index in [1.807, 2.05) is 0 Å². The molecule has 2 fully saturated rings. The number of aryl methyl sites for hydroxylation is 1. The summed E-state index contributed by atoms with van der Waals surface area (Å²) in [5.41, 5.74) is 2.70. The molecule has 21 heavy (non-hydrogen) atoms. The minimum Gasteiger partial charge on any atom is -0.369 e. The van der Waals surface area contributed by atoms with Gasteiger partial charge in [0.15, 0.2) is 0 Å². The molecule has 3 aliphatic rings. The van der Waals surface area contributed by atoms with E-state index < -0.39 is 0 Å². The molecule has 2 heteroatoms. The largest absolute Gasteiger partial charge is 0.369 e. The van der Waals surface area contributed by atoms with Gasteiger partial charge in [-0.3, -0.25) is 4.79 Å². The number of carbonyl (C=O) groups excluding carboxylic acids is 1. The molecule has 0 amide bonds. The SMILES string of the molecule is O=C1CC(OC2CCCc3ccccc32)C12CCCCC2. The standard InChI is InChI=1S/C19H24O2/c20-17-13-18(19(17)11-4-1-5-12-19)21-16-10-6-8-14-7-2-3-9-15(14)16/h2-3,7,9,16,18H,1,4-6,8,10-13H2. The Morgan fingerprint density at radius 1 is 1.05 bits per heavy atom. The van der Waals surface area contributed by atoms with E-state index >= 15 is 0 Å². The zero-order chi connectivity index (χ0) is 14.3. The van der Waals surface area contributed by atoms with Crippen molar-refractivity contribution in [2.45, 2.75) is 70.0 Å². The van der Waals surface area contributed by atoms with Gasteiger partial charge in [0, 0.05) is 6.42 Å². The molecule has 0 aromatic heterocycles. The van der Waals surface area contributed by atoms with Gasteiger partial charge in [-0.2, -0.15) is 0 Å². The third-order valence-electron chi connectivity index (χ3n) is 5.93. The minimum absolute atomic E-state index is 0.107. The Hall–Kier alpha value is -1.15. The first-order valence-corrected chi connectivity index (χ1v) is 8.56. The van der Waals surface area contributed by atoms with Crippen molar-refractivity contribution in [2.24, 2.45) is 5.41 Å². The molecule has 1 spiro atoms. The van der Waals surface area contributed by atoms with Gasteiger partial charge in [-0.25, -0.2) is 0 Å². The van der Waals surface area contributed by atoms with Crippen molar-refractivity contribution in [3.8, 4) is 0 Å². The zero-order valence-corrected chi connectivity index (χ0v) is 12.6. The second-order valence-electron chi connectivity index (χ2n) is 7.05. The number of ether oxygens (including phenoxy) is 1. The predicted molar refractivity (Wildman–Crippen MR) is 82.1 cm³/mol. The summed E-state index contributed by atoms with van der Waals surface area (Å²) in [5, 5.41) is 0. The fourth-order valence-corrected chi connectivity index (χ4v) is 4.63. The van der Waals surface area contributed by atoms with Crippen LogP contribution in [0.2, 0.25) is 0 Å². The summed E-state index contributed by atoms with van der Waals surface area (Å²) < 4.78 is 6.50. The molecule has 2 nitrogen and oxygen atoms in total. The van der Waals surface area contributed by atoms with Crippen molar-refractivity contribution in [2.75, 3.05) is 0 Å². The number of Topliss-reactive ketones (excluding diaryl/α,β-unsaturated/α-hetero) is 1. The van der Waals surface area contributed by atoms with E-state index in [0.717, 1.165) is 19.3 Å². The van der Waals surface area contributed by atoms with Crippen LogP contribution in [0.15, 0.2) is 24.3 Å². The number of rotatable bonds is 2. The molecule has 0 heterocycles. The molecule has 0 N–H and O–H groups in total. The van der Waals surface area contributed by atoms with Gasteiger partial charge < -0.3 is 4.74 Å². The highest BCUT2D eigenvalue weighted by Crippen LogP contribution is 2.52. The normalized spacial score (nSPS) is 30.8. The van der Waals surface area contributed by atoms with Crippen LogP contribution in [0.1, 0.15) is 68.6 Å². The predicted octanol–water partition coefficient (Wildman–Crippen LogP) is 4.37. The summed E-state index contributed by atoms with van der Waals surface area (Å²) in [6.45, 7) is 0. The van der Waals surface area contributed by atoms with E-state index in [1.54, 1.807) is 0 Å². The van der Waals surface area contributed by atoms with Crippen LogP contribution in [-0.2, 0) is 16.0 Å². The molecular formula is C19H24O2. The molecule has 3 aliphatic carbocycles. The summed E-state index contributed by atoms with van der Waals surface area (Å²) in [5.74, 6) is 0.469. The van der Waals surface area contributed by atoms with Gasteiger partial charge in [0.1, 0.15) is 5.78 Å². The van der Waals surface area contributed by atoms with Crippen molar-refractivity contribution in [1.29, 1.82) is 0 Å². The van der Waals surface area contributed by atoms with E-state index in [4.69, 9.17) is 4.74 Å². The van der Waals surface area contributed by atoms with Gasteiger partial charge in [-0.1, -0.05) is 43.5 Å². The molecule has 2 unspecified atom stereocenters. The summed E-state index contributed by atoms with van der Waals surface area (Å²) in [6, 6.07) is 8.68. The molecule has 2 atom stereocenters. The number of hydrogen-bond donors (Lipinski definition) is 0. The fraction of sp³-hybridized carbons (Fsp3) is 0.632. The van der Waals surface area contributed by atoms with Crippen LogP contribution in [0.5, 0.6) is 0 Å². The number of hydrogen-bond acceptors (Lipinski definition) is 2. The van der Waals surface area contributed by atoms with E-state index in [9.17, 15) is 4.79 Å². The molecule has 0 bridgehead atoms. The molecule has 4 rings (SSSR count). The maximum absolute atomic E-state index is 12.2. The van der Waals surface area contributed by atoms with Gasteiger partial charge in [-0.15, -0.1) is 0 Å². The van der Waals surface area contributed by atoms with Gasteiger partial charge in [0.2, 0.25) is 0 Å². The lowest BCUT2D eigenvalue weighted by atomic mass is 9.57. The second-order valence-corrected chi connectivity index (χ2v) is 7.05. The minimum atomic E-state index is -0.107. The first kappa shape index (κ1) is 13.5. The fourth-order valence-electron chi connectivity index (χ4n) is 4.63. The van der Waals surface area contributed by atoms with Crippen LogP contribution in [0, 0.1) is 5.41 Å². The molecule has 112 valence electrons. The first-order chi connectivity index (χ1) is 10.3. The van der Waals surface area contributed by atoms with E-state index in [0.29, 0.717) is 12.2 Å². The molecule has 0 aliphatic heterocycles. The summed E-state index contributed by atoms with van der Waals surface area (Å²) in [6.07, 6.45) is 10.3. The van der Waals surface area contributed by atoms with Gasteiger partial charge in [-0.05, 0) is 43.2 Å². The molecule has 0 radical (unpaired) electrons. The third-order valence-corrected chi connectivity index (χ3v) is 5.93. The first-order valence-electron chi connectivity index (χ1n) is 8.56. The van der Waals surface area contributed by atoms with Crippen molar-refractivity contribution in [3.63, 3.8) is 0 Å². The van der Waals surface area contributed by atoms with Gasteiger partial charge in [0.05, 0.1) is 17.6 Å².